The largest absolute Gasteiger partial charge is 0.321 e. The fourth-order valence-corrected chi connectivity index (χ4v) is 3.21. The van der Waals surface area contributed by atoms with Crippen LogP contribution in [0.5, 0.6) is 0 Å². The molecule has 0 saturated heterocycles. The van der Waals surface area contributed by atoms with Gasteiger partial charge in [-0.15, -0.1) is 0 Å². The Morgan fingerprint density at radius 2 is 1.95 bits per heavy atom. The molecular formula is C15H29ClN4. The summed E-state index contributed by atoms with van der Waals surface area (Å²) in [5.74, 6) is 0. The lowest BCUT2D eigenvalue weighted by Gasteiger charge is -2.44. The Kier molecular flexibility index (Phi) is 6.49. The molecule has 1 heterocycles. The molecule has 2 unspecified atom stereocenters. The van der Waals surface area contributed by atoms with Gasteiger partial charge < -0.3 is 5.73 Å². The van der Waals surface area contributed by atoms with Crippen LogP contribution >= 0.6 is 11.6 Å². The molecule has 0 aliphatic carbocycles. The van der Waals surface area contributed by atoms with Crippen molar-refractivity contribution in [2.75, 3.05) is 13.1 Å². The molecule has 0 aliphatic rings. The second-order valence-corrected chi connectivity index (χ2v) is 5.87. The van der Waals surface area contributed by atoms with Gasteiger partial charge >= 0.3 is 0 Å². The molecular weight excluding hydrogens is 272 g/mol. The van der Waals surface area contributed by atoms with Crippen LogP contribution < -0.4 is 5.73 Å². The van der Waals surface area contributed by atoms with Gasteiger partial charge in [-0.1, -0.05) is 39.3 Å². The number of halogens is 1. The number of aromatic nitrogens is 2. The van der Waals surface area contributed by atoms with E-state index in [2.05, 4.69) is 44.6 Å². The fraction of sp³-hybridized carbons (Fsp3) is 0.800. The van der Waals surface area contributed by atoms with Gasteiger partial charge in [0.25, 0.3) is 0 Å². The van der Waals surface area contributed by atoms with Crippen LogP contribution in [-0.4, -0.2) is 33.3 Å². The Balaban J connectivity index is 3.19. The molecule has 0 fully saturated rings. The van der Waals surface area contributed by atoms with E-state index in [9.17, 15) is 0 Å². The van der Waals surface area contributed by atoms with E-state index < -0.39 is 0 Å². The van der Waals surface area contributed by atoms with Crippen molar-refractivity contribution in [2.45, 2.75) is 65.6 Å². The fourth-order valence-electron chi connectivity index (χ4n) is 2.95. The highest BCUT2D eigenvalue weighted by atomic mass is 35.5. The van der Waals surface area contributed by atoms with E-state index in [-0.39, 0.29) is 11.6 Å². The average molecular weight is 301 g/mol. The van der Waals surface area contributed by atoms with Crippen molar-refractivity contribution in [3.8, 4) is 0 Å². The maximum atomic E-state index is 6.63. The molecule has 0 spiro atoms. The minimum absolute atomic E-state index is 0.112. The van der Waals surface area contributed by atoms with Gasteiger partial charge in [-0.05, 0) is 32.9 Å². The first-order valence-corrected chi connectivity index (χ1v) is 8.05. The Morgan fingerprint density at radius 3 is 2.40 bits per heavy atom. The lowest BCUT2D eigenvalue weighted by Crippen LogP contribution is -2.53. The van der Waals surface area contributed by atoms with Crippen LogP contribution in [-0.2, 0) is 6.54 Å². The van der Waals surface area contributed by atoms with Gasteiger partial charge in [-0.25, -0.2) is 0 Å². The zero-order valence-corrected chi connectivity index (χ0v) is 14.2. The third kappa shape index (κ3) is 3.18. The van der Waals surface area contributed by atoms with Crippen LogP contribution in [0.1, 0.15) is 59.2 Å². The minimum atomic E-state index is -0.144. The van der Waals surface area contributed by atoms with E-state index in [0.717, 1.165) is 38.2 Å². The van der Waals surface area contributed by atoms with E-state index in [1.807, 2.05) is 4.68 Å². The first-order valence-electron chi connectivity index (χ1n) is 7.67. The highest BCUT2D eigenvalue weighted by molar-refractivity contribution is 6.31. The number of nitrogens with two attached hydrogens (primary N) is 1. The van der Waals surface area contributed by atoms with E-state index in [4.69, 9.17) is 17.3 Å². The summed E-state index contributed by atoms with van der Waals surface area (Å²) >= 11 is 6.35. The number of hydrogen-bond acceptors (Lipinski definition) is 3. The number of nitrogens with zero attached hydrogens (tertiary/aromatic N) is 3. The van der Waals surface area contributed by atoms with Gasteiger partial charge in [0.2, 0.25) is 0 Å². The molecule has 4 nitrogen and oxygen atoms in total. The van der Waals surface area contributed by atoms with Crippen molar-refractivity contribution in [3.05, 3.63) is 16.9 Å². The van der Waals surface area contributed by atoms with E-state index >= 15 is 0 Å². The molecule has 2 atom stereocenters. The third-order valence-electron chi connectivity index (χ3n) is 4.43. The van der Waals surface area contributed by atoms with Crippen molar-refractivity contribution in [1.29, 1.82) is 0 Å². The standard InChI is InChI=1S/C15H29ClN4/c1-6-10-20-13(12(16)11-18-20)14(17)15(5,7-2)19(8-3)9-4/h11,14H,6-10,17H2,1-5H3. The second kappa shape index (κ2) is 7.43. The van der Waals surface area contributed by atoms with Crippen molar-refractivity contribution in [1.82, 2.24) is 14.7 Å². The second-order valence-electron chi connectivity index (χ2n) is 5.46. The van der Waals surface area contributed by atoms with Gasteiger partial charge in [0, 0.05) is 12.1 Å². The quantitative estimate of drug-likeness (QED) is 0.800. The molecule has 1 rings (SSSR count). The molecule has 20 heavy (non-hydrogen) atoms. The number of hydrogen-bond donors (Lipinski definition) is 1. The van der Waals surface area contributed by atoms with Crippen LogP contribution in [0.4, 0.5) is 0 Å². The highest BCUT2D eigenvalue weighted by Crippen LogP contribution is 2.35. The third-order valence-corrected chi connectivity index (χ3v) is 4.73. The average Bonchev–Trinajstić information content (AvgIpc) is 2.80. The van der Waals surface area contributed by atoms with Gasteiger partial charge in [-0.2, -0.15) is 5.10 Å². The number of aryl methyl sites for hydroxylation is 1. The van der Waals surface area contributed by atoms with Gasteiger partial charge in [-0.3, -0.25) is 9.58 Å². The maximum absolute atomic E-state index is 6.63. The molecule has 0 bridgehead atoms. The molecule has 0 saturated carbocycles. The van der Waals surface area contributed by atoms with E-state index in [1.54, 1.807) is 6.20 Å². The molecule has 5 heteroatoms. The zero-order chi connectivity index (χ0) is 15.3. The van der Waals surface area contributed by atoms with Crippen molar-refractivity contribution in [2.24, 2.45) is 5.73 Å². The summed E-state index contributed by atoms with van der Waals surface area (Å²) in [6.45, 7) is 13.7. The van der Waals surface area contributed by atoms with Gasteiger partial charge in [0.15, 0.2) is 0 Å². The Morgan fingerprint density at radius 1 is 1.35 bits per heavy atom. The molecule has 0 radical (unpaired) electrons. The molecule has 0 aliphatic heterocycles. The summed E-state index contributed by atoms with van der Waals surface area (Å²) in [7, 11) is 0. The predicted octanol–water partition coefficient (Wildman–Crippen LogP) is 3.46. The van der Waals surface area contributed by atoms with Crippen molar-refractivity contribution < 1.29 is 0 Å². The van der Waals surface area contributed by atoms with E-state index in [0.29, 0.717) is 5.02 Å². The van der Waals surface area contributed by atoms with Crippen molar-refractivity contribution >= 4 is 11.6 Å². The summed E-state index contributed by atoms with van der Waals surface area (Å²) in [4.78, 5) is 2.41. The number of rotatable bonds is 8. The lowest BCUT2D eigenvalue weighted by molar-refractivity contribution is 0.0813. The van der Waals surface area contributed by atoms with Gasteiger partial charge in [0.1, 0.15) is 0 Å². The SMILES string of the molecule is CCCn1ncc(Cl)c1C(N)C(C)(CC)N(CC)CC. The summed E-state index contributed by atoms with van der Waals surface area (Å²) < 4.78 is 1.96. The topological polar surface area (TPSA) is 47.1 Å². The molecule has 0 aromatic carbocycles. The van der Waals surface area contributed by atoms with Crippen LogP contribution in [0.25, 0.3) is 0 Å². The Bertz CT molecular complexity index is 414. The highest BCUT2D eigenvalue weighted by Gasteiger charge is 2.38. The molecule has 0 amide bonds. The van der Waals surface area contributed by atoms with Crippen molar-refractivity contribution in [3.63, 3.8) is 0 Å². The maximum Gasteiger partial charge on any atom is 0.0834 e. The molecule has 1 aromatic heterocycles. The normalized spacial score (nSPS) is 16.4. The summed E-state index contributed by atoms with van der Waals surface area (Å²) in [5.41, 5.74) is 7.48. The first kappa shape index (κ1) is 17.5. The minimum Gasteiger partial charge on any atom is -0.321 e. The first-order chi connectivity index (χ1) is 9.46. The summed E-state index contributed by atoms with van der Waals surface area (Å²) in [5, 5.41) is 5.05. The zero-order valence-electron chi connectivity index (χ0n) is 13.5. The van der Waals surface area contributed by atoms with Crippen LogP contribution in [0.15, 0.2) is 6.20 Å². The smallest absolute Gasteiger partial charge is 0.0834 e. The van der Waals surface area contributed by atoms with Crippen LogP contribution in [0.2, 0.25) is 5.02 Å². The Hall–Kier alpha value is -0.580. The molecule has 2 N–H and O–H groups in total. The summed E-state index contributed by atoms with van der Waals surface area (Å²) in [6, 6.07) is -0.144. The molecule has 1 aromatic rings. The van der Waals surface area contributed by atoms with Crippen LogP contribution in [0.3, 0.4) is 0 Å². The molecule has 116 valence electrons. The van der Waals surface area contributed by atoms with E-state index in [1.165, 1.54) is 0 Å². The lowest BCUT2D eigenvalue weighted by atomic mass is 9.85. The van der Waals surface area contributed by atoms with Crippen LogP contribution in [0, 0.1) is 0 Å². The number of likely N-dealkylation sites (N-methyl/N-ethyl adjacent to an activating group) is 1. The monoisotopic (exact) mass is 300 g/mol. The van der Waals surface area contributed by atoms with Gasteiger partial charge in [0.05, 0.1) is 23.0 Å². The Labute approximate surface area is 128 Å². The summed E-state index contributed by atoms with van der Waals surface area (Å²) in [6.07, 6.45) is 3.71. The predicted molar refractivity (Wildman–Crippen MR) is 86.1 cm³/mol.